The van der Waals surface area contributed by atoms with Gasteiger partial charge in [-0.3, -0.25) is 0 Å². The number of aromatic nitrogens is 2. The molecule has 0 saturated heterocycles. The second-order valence-corrected chi connectivity index (χ2v) is 19.1. The molecule has 0 unspecified atom stereocenters. The molecule has 4 heterocycles. The number of hydrogen-bond acceptors (Lipinski definition) is 4. The first-order valence-electron chi connectivity index (χ1n) is 25.0. The average Bonchev–Trinajstić information content (AvgIpc) is 4.15. The zero-order valence-electron chi connectivity index (χ0n) is 39.8. The Labute approximate surface area is 414 Å². The summed E-state index contributed by atoms with van der Waals surface area (Å²) in [4.78, 5) is 4.71. The zero-order valence-corrected chi connectivity index (χ0v) is 39.8. The molecule has 0 aliphatic carbocycles. The van der Waals surface area contributed by atoms with Crippen molar-refractivity contribution in [2.75, 3.05) is 9.80 Å². The molecular formula is C66H46N4O2. The van der Waals surface area contributed by atoms with Crippen LogP contribution in [0.2, 0.25) is 0 Å². The first-order valence-corrected chi connectivity index (χ1v) is 25.0. The van der Waals surface area contributed by atoms with Crippen LogP contribution in [0.1, 0.15) is 13.8 Å². The van der Waals surface area contributed by atoms with Gasteiger partial charge < -0.3 is 27.8 Å². The number of para-hydroxylation sites is 4. The highest BCUT2D eigenvalue weighted by Crippen LogP contribution is 2.44. The summed E-state index contributed by atoms with van der Waals surface area (Å²) in [6.45, 7) is 6.26. The van der Waals surface area contributed by atoms with E-state index in [4.69, 9.17) is 8.83 Å². The third-order valence-corrected chi connectivity index (χ3v) is 15.2. The van der Waals surface area contributed by atoms with E-state index < -0.39 is 0 Å². The largest absolute Gasteiger partial charge is 0.456 e. The molecule has 0 amide bonds. The number of aryl methyl sites for hydroxylation is 2. The molecular weight excluding hydrogens is 881 g/mol. The Morgan fingerprint density at radius 3 is 1.11 bits per heavy atom. The number of benzene rings is 11. The molecule has 15 rings (SSSR count). The molecule has 0 saturated carbocycles. The predicted molar refractivity (Wildman–Crippen MR) is 303 cm³/mol. The Balaban J connectivity index is 0.817. The SMILES string of the molecule is CCn1c2ccccc2c2cc(N(c3ccccc3)c3ccc4cc5c(cc4c3)oc3cc4oc6cc7cc(N(c8ccccc8)c8ccc9c(c8)c8ccccc8n9CC)ccc7cc6c4cc35)ccc21. The van der Waals surface area contributed by atoms with E-state index >= 15 is 0 Å². The van der Waals surface area contributed by atoms with E-state index in [1.165, 1.54) is 43.6 Å². The molecule has 72 heavy (non-hydrogen) atoms. The van der Waals surface area contributed by atoms with Crippen LogP contribution in [0.5, 0.6) is 0 Å². The van der Waals surface area contributed by atoms with Crippen LogP contribution in [0.4, 0.5) is 34.1 Å². The Bertz CT molecular complexity index is 4380. The van der Waals surface area contributed by atoms with E-state index in [1.54, 1.807) is 0 Å². The van der Waals surface area contributed by atoms with Crippen LogP contribution in [-0.2, 0) is 13.1 Å². The predicted octanol–water partition coefficient (Wildman–Crippen LogP) is 19.0. The van der Waals surface area contributed by atoms with Gasteiger partial charge in [0.1, 0.15) is 22.3 Å². The molecule has 0 aliphatic rings. The van der Waals surface area contributed by atoms with Crippen molar-refractivity contribution in [3.05, 3.63) is 218 Å². The van der Waals surface area contributed by atoms with Gasteiger partial charge >= 0.3 is 0 Å². The summed E-state index contributed by atoms with van der Waals surface area (Å²) in [6.07, 6.45) is 0. The lowest BCUT2D eigenvalue weighted by molar-refractivity contribution is 0.656. The van der Waals surface area contributed by atoms with E-state index in [2.05, 4.69) is 251 Å². The number of rotatable bonds is 8. The lowest BCUT2D eigenvalue weighted by Gasteiger charge is -2.26. The lowest BCUT2D eigenvalue weighted by atomic mass is 10.0. The number of furan rings is 2. The van der Waals surface area contributed by atoms with Gasteiger partial charge in [-0.05, 0) is 163 Å². The molecule has 0 fully saturated rings. The fourth-order valence-corrected chi connectivity index (χ4v) is 11.9. The van der Waals surface area contributed by atoms with Crippen LogP contribution in [0, 0.1) is 0 Å². The maximum atomic E-state index is 6.72. The van der Waals surface area contributed by atoms with Gasteiger partial charge in [0, 0.05) is 118 Å². The number of hydrogen-bond donors (Lipinski definition) is 0. The van der Waals surface area contributed by atoms with Gasteiger partial charge in [0.15, 0.2) is 0 Å². The second kappa shape index (κ2) is 15.6. The fourth-order valence-electron chi connectivity index (χ4n) is 11.9. The summed E-state index contributed by atoms with van der Waals surface area (Å²) in [7, 11) is 0. The summed E-state index contributed by atoms with van der Waals surface area (Å²) >= 11 is 0. The van der Waals surface area contributed by atoms with Crippen LogP contribution in [0.25, 0.3) is 109 Å². The van der Waals surface area contributed by atoms with Gasteiger partial charge in [0.25, 0.3) is 0 Å². The molecule has 0 N–H and O–H groups in total. The minimum atomic E-state index is 0.807. The van der Waals surface area contributed by atoms with Crippen molar-refractivity contribution >= 4 is 143 Å². The van der Waals surface area contributed by atoms with Gasteiger partial charge in [0.05, 0.1) is 0 Å². The van der Waals surface area contributed by atoms with E-state index in [9.17, 15) is 0 Å². The Kier molecular flexibility index (Phi) is 8.81. The van der Waals surface area contributed by atoms with Crippen LogP contribution in [-0.4, -0.2) is 9.13 Å². The highest BCUT2D eigenvalue weighted by atomic mass is 16.3. The summed E-state index contributed by atoms with van der Waals surface area (Å²) < 4.78 is 18.2. The van der Waals surface area contributed by atoms with Crippen LogP contribution in [0.15, 0.2) is 227 Å². The van der Waals surface area contributed by atoms with Crippen molar-refractivity contribution in [2.45, 2.75) is 26.9 Å². The van der Waals surface area contributed by atoms with Gasteiger partial charge in [-0.2, -0.15) is 0 Å². The molecule has 342 valence electrons. The van der Waals surface area contributed by atoms with Crippen molar-refractivity contribution < 1.29 is 8.83 Å². The molecule has 6 nitrogen and oxygen atoms in total. The molecule has 0 atom stereocenters. The molecule has 0 bridgehead atoms. The summed E-state index contributed by atoms with van der Waals surface area (Å²) in [5, 5.41) is 13.9. The second-order valence-electron chi connectivity index (χ2n) is 19.1. The van der Waals surface area contributed by atoms with Gasteiger partial charge in [0.2, 0.25) is 0 Å². The van der Waals surface area contributed by atoms with E-state index in [-0.39, 0.29) is 0 Å². The quantitative estimate of drug-likeness (QED) is 0.152. The van der Waals surface area contributed by atoms with Crippen molar-refractivity contribution in [3.8, 4) is 0 Å². The Morgan fingerprint density at radius 2 is 0.653 bits per heavy atom. The monoisotopic (exact) mass is 926 g/mol. The van der Waals surface area contributed by atoms with Crippen molar-refractivity contribution in [3.63, 3.8) is 0 Å². The molecule has 0 aliphatic heterocycles. The molecule has 0 spiro atoms. The molecule has 11 aromatic carbocycles. The maximum absolute atomic E-state index is 6.72. The standard InChI is InChI=1S/C66H46N4O2/c1-3-67-59-21-13-11-19-51(59)53-37-49(27-29-61(53)67)69(45-15-7-5-8-16-45)47-25-23-41-33-55-57-39-58-56-34-42-24-26-48(32-44(42)36-64(56)72-66(58)40-65(57)71-63(55)35-43(41)31-47)70(46-17-9-6-10-18-46)50-28-30-62-54(38-50)52-20-12-14-22-60(52)68(62)4-2/h5-40H,3-4H2,1-2H3. The van der Waals surface area contributed by atoms with Crippen LogP contribution in [0.3, 0.4) is 0 Å². The topological polar surface area (TPSA) is 42.6 Å². The van der Waals surface area contributed by atoms with Crippen LogP contribution >= 0.6 is 0 Å². The highest BCUT2D eigenvalue weighted by Gasteiger charge is 2.21. The average molecular weight is 927 g/mol. The fraction of sp³-hybridized carbons (Fsp3) is 0.0606. The van der Waals surface area contributed by atoms with Crippen molar-refractivity contribution in [2.24, 2.45) is 0 Å². The van der Waals surface area contributed by atoms with E-state index in [1.807, 2.05) is 0 Å². The lowest BCUT2D eigenvalue weighted by Crippen LogP contribution is -2.09. The zero-order chi connectivity index (χ0) is 47.6. The molecule has 15 aromatic rings. The van der Waals surface area contributed by atoms with Gasteiger partial charge in [-0.1, -0.05) is 84.9 Å². The maximum Gasteiger partial charge on any atom is 0.139 e. The first-order chi connectivity index (χ1) is 35.6. The number of fused-ring (bicyclic) bond motifs is 14. The summed E-state index contributed by atoms with van der Waals surface area (Å²) in [6, 6.07) is 79.3. The normalized spacial score (nSPS) is 12.1. The molecule has 4 aromatic heterocycles. The molecule has 6 heteroatoms. The minimum Gasteiger partial charge on any atom is -0.456 e. The Hall–Kier alpha value is -9.26. The molecule has 0 radical (unpaired) electrons. The van der Waals surface area contributed by atoms with Crippen molar-refractivity contribution in [1.29, 1.82) is 0 Å². The van der Waals surface area contributed by atoms with E-state index in [0.29, 0.717) is 0 Å². The van der Waals surface area contributed by atoms with Crippen molar-refractivity contribution in [1.82, 2.24) is 9.13 Å². The minimum absolute atomic E-state index is 0.807. The third kappa shape index (κ3) is 6.09. The smallest absolute Gasteiger partial charge is 0.139 e. The third-order valence-electron chi connectivity index (χ3n) is 15.2. The Morgan fingerprint density at radius 1 is 0.278 bits per heavy atom. The van der Waals surface area contributed by atoms with Crippen LogP contribution < -0.4 is 9.80 Å². The first kappa shape index (κ1) is 40.6. The number of anilines is 6. The van der Waals surface area contributed by atoms with Gasteiger partial charge in [-0.25, -0.2) is 0 Å². The summed E-state index contributed by atoms with van der Waals surface area (Å²) in [5.41, 5.74) is 14.9. The van der Waals surface area contributed by atoms with E-state index in [0.717, 1.165) is 113 Å². The van der Waals surface area contributed by atoms with Gasteiger partial charge in [-0.15, -0.1) is 0 Å². The highest BCUT2D eigenvalue weighted by molar-refractivity contribution is 6.19. The summed E-state index contributed by atoms with van der Waals surface area (Å²) in [5.74, 6) is 0. The number of nitrogens with zero attached hydrogens (tertiary/aromatic N) is 4.